The number of amides is 2. The number of anilines is 2. The Morgan fingerprint density at radius 1 is 1.22 bits per heavy atom. The number of hydrogen-bond donors (Lipinski definition) is 2. The number of ketones is 1. The molecule has 1 aromatic carbocycles. The van der Waals surface area contributed by atoms with E-state index in [1.165, 1.54) is 11.3 Å². The normalized spacial score (nSPS) is 13.9. The summed E-state index contributed by atoms with van der Waals surface area (Å²) in [6.45, 7) is 1.96. The monoisotopic (exact) mass is 469 g/mol. The standard InChI is InChI=1S/C23H27N5O2S2/c1-15-7-8-19(18(13-15)20(29)16-5-3-4-6-16)26-21(30)27-22-25-14-17(32-22)9-12-31-23-24-10-11-28(23)2/h7-8,10-11,13-14,16H,3-6,9,12H2,1-2H3,(H2,25,26,27,30). The van der Waals surface area contributed by atoms with Gasteiger partial charge >= 0.3 is 6.03 Å². The van der Waals surface area contributed by atoms with Gasteiger partial charge in [-0.05, 0) is 38.3 Å². The third kappa shape index (κ3) is 5.58. The van der Waals surface area contributed by atoms with Crippen molar-refractivity contribution in [3.05, 3.63) is 52.8 Å². The summed E-state index contributed by atoms with van der Waals surface area (Å²) in [4.78, 5) is 35.3. The number of benzene rings is 1. The van der Waals surface area contributed by atoms with Crippen LogP contribution in [-0.4, -0.2) is 32.1 Å². The molecule has 0 aliphatic heterocycles. The minimum Gasteiger partial charge on any atom is -0.329 e. The summed E-state index contributed by atoms with van der Waals surface area (Å²) in [5, 5.41) is 7.16. The van der Waals surface area contributed by atoms with Gasteiger partial charge in [0.05, 0.1) is 5.69 Å². The van der Waals surface area contributed by atoms with E-state index in [0.29, 0.717) is 16.4 Å². The summed E-state index contributed by atoms with van der Waals surface area (Å²) in [5.74, 6) is 1.07. The number of thiazole rings is 1. The average Bonchev–Trinajstić information content (AvgIpc) is 3.52. The van der Waals surface area contributed by atoms with Crippen LogP contribution in [-0.2, 0) is 13.5 Å². The van der Waals surface area contributed by atoms with Crippen molar-refractivity contribution < 1.29 is 9.59 Å². The fourth-order valence-electron chi connectivity index (χ4n) is 3.84. The predicted molar refractivity (Wildman–Crippen MR) is 130 cm³/mol. The number of carbonyl (C=O) groups excluding carboxylic acids is 2. The first kappa shape index (κ1) is 22.5. The van der Waals surface area contributed by atoms with E-state index in [1.807, 2.05) is 36.9 Å². The van der Waals surface area contributed by atoms with Crippen LogP contribution in [0.25, 0.3) is 0 Å². The number of aryl methyl sites for hydroxylation is 3. The molecule has 0 radical (unpaired) electrons. The quantitative estimate of drug-likeness (QED) is 0.334. The number of Topliss-reactive ketones (excluding diaryl/α,β-unsaturated/α-hetero) is 1. The topological polar surface area (TPSA) is 88.9 Å². The van der Waals surface area contributed by atoms with Crippen molar-refractivity contribution >= 4 is 45.7 Å². The molecular formula is C23H27N5O2S2. The third-order valence-electron chi connectivity index (χ3n) is 5.55. The number of carbonyl (C=O) groups is 2. The number of imidazole rings is 1. The largest absolute Gasteiger partial charge is 0.329 e. The molecule has 32 heavy (non-hydrogen) atoms. The zero-order valence-corrected chi connectivity index (χ0v) is 19.9. The lowest BCUT2D eigenvalue weighted by atomic mass is 9.94. The van der Waals surface area contributed by atoms with Crippen molar-refractivity contribution in [1.82, 2.24) is 14.5 Å². The van der Waals surface area contributed by atoms with Crippen LogP contribution in [0.15, 0.2) is 41.9 Å². The molecule has 4 rings (SSSR count). The number of nitrogens with one attached hydrogen (secondary N) is 2. The molecular weight excluding hydrogens is 442 g/mol. The Bertz CT molecular complexity index is 1100. The van der Waals surface area contributed by atoms with Gasteiger partial charge in [-0.1, -0.05) is 36.2 Å². The van der Waals surface area contributed by atoms with Gasteiger partial charge in [0.15, 0.2) is 16.1 Å². The van der Waals surface area contributed by atoms with E-state index in [4.69, 9.17) is 0 Å². The zero-order chi connectivity index (χ0) is 22.5. The van der Waals surface area contributed by atoms with E-state index >= 15 is 0 Å². The number of nitrogens with zero attached hydrogens (tertiary/aromatic N) is 3. The van der Waals surface area contributed by atoms with Crippen molar-refractivity contribution in [2.75, 3.05) is 16.4 Å². The highest BCUT2D eigenvalue weighted by Gasteiger charge is 2.26. The highest BCUT2D eigenvalue weighted by Crippen LogP contribution is 2.31. The van der Waals surface area contributed by atoms with Crippen LogP contribution < -0.4 is 10.6 Å². The number of hydrogen-bond acceptors (Lipinski definition) is 6. The smallest absolute Gasteiger partial charge is 0.325 e. The maximum atomic E-state index is 13.0. The third-order valence-corrected chi connectivity index (χ3v) is 7.58. The minimum atomic E-state index is -0.391. The summed E-state index contributed by atoms with van der Waals surface area (Å²) in [7, 11) is 1.98. The van der Waals surface area contributed by atoms with Crippen molar-refractivity contribution in [3.63, 3.8) is 0 Å². The van der Waals surface area contributed by atoms with Gasteiger partial charge in [0.1, 0.15) is 0 Å². The summed E-state index contributed by atoms with van der Waals surface area (Å²) in [6.07, 6.45) is 10.4. The SMILES string of the molecule is Cc1ccc(NC(=O)Nc2ncc(CCSc3nccn3C)s2)c(C(=O)C2CCCC2)c1. The molecule has 3 aromatic rings. The minimum absolute atomic E-state index is 0.0607. The Morgan fingerprint density at radius 2 is 2.03 bits per heavy atom. The molecule has 0 atom stereocenters. The van der Waals surface area contributed by atoms with Crippen LogP contribution in [0.5, 0.6) is 0 Å². The number of rotatable bonds is 8. The van der Waals surface area contributed by atoms with Gasteiger partial charge in [0.25, 0.3) is 0 Å². The highest BCUT2D eigenvalue weighted by atomic mass is 32.2. The molecule has 1 aliphatic carbocycles. The fraction of sp³-hybridized carbons (Fsp3) is 0.391. The van der Waals surface area contributed by atoms with Crippen molar-refractivity contribution in [2.24, 2.45) is 13.0 Å². The molecule has 2 amide bonds. The van der Waals surface area contributed by atoms with Crippen molar-refractivity contribution in [2.45, 2.75) is 44.2 Å². The first-order valence-corrected chi connectivity index (χ1v) is 12.6. The maximum Gasteiger partial charge on any atom is 0.325 e. The predicted octanol–water partition coefficient (Wildman–Crippen LogP) is 5.54. The lowest BCUT2D eigenvalue weighted by Gasteiger charge is -2.14. The van der Waals surface area contributed by atoms with E-state index in [9.17, 15) is 9.59 Å². The van der Waals surface area contributed by atoms with Crippen LogP contribution >= 0.6 is 23.1 Å². The van der Waals surface area contributed by atoms with Gasteiger partial charge in [0.2, 0.25) is 0 Å². The Hall–Kier alpha value is -2.65. The first-order chi connectivity index (χ1) is 15.5. The van der Waals surface area contributed by atoms with Crippen LogP contribution in [0.3, 0.4) is 0 Å². The second-order valence-corrected chi connectivity index (χ2v) is 10.2. The molecule has 1 fully saturated rings. The van der Waals surface area contributed by atoms with Gasteiger partial charge in [-0.2, -0.15) is 0 Å². The molecule has 0 saturated heterocycles. The van der Waals surface area contributed by atoms with Crippen LogP contribution in [0.1, 0.15) is 46.5 Å². The van der Waals surface area contributed by atoms with E-state index in [-0.39, 0.29) is 11.7 Å². The summed E-state index contributed by atoms with van der Waals surface area (Å²) < 4.78 is 1.99. The Morgan fingerprint density at radius 3 is 2.78 bits per heavy atom. The van der Waals surface area contributed by atoms with E-state index in [1.54, 1.807) is 30.2 Å². The highest BCUT2D eigenvalue weighted by molar-refractivity contribution is 7.99. The van der Waals surface area contributed by atoms with Crippen LogP contribution in [0, 0.1) is 12.8 Å². The van der Waals surface area contributed by atoms with Crippen molar-refractivity contribution in [3.8, 4) is 0 Å². The van der Waals surface area contributed by atoms with Crippen LogP contribution in [0.4, 0.5) is 15.6 Å². The second-order valence-electron chi connectivity index (χ2n) is 8.02. The number of urea groups is 1. The van der Waals surface area contributed by atoms with E-state index in [0.717, 1.165) is 53.5 Å². The summed E-state index contributed by atoms with van der Waals surface area (Å²) >= 11 is 3.14. The number of thioether (sulfide) groups is 1. The lowest BCUT2D eigenvalue weighted by molar-refractivity contribution is 0.0923. The molecule has 2 heterocycles. The first-order valence-electron chi connectivity index (χ1n) is 10.8. The molecule has 1 aliphatic rings. The van der Waals surface area contributed by atoms with E-state index in [2.05, 4.69) is 20.6 Å². The van der Waals surface area contributed by atoms with Gasteiger partial charge in [-0.25, -0.2) is 14.8 Å². The van der Waals surface area contributed by atoms with Crippen molar-refractivity contribution in [1.29, 1.82) is 0 Å². The average molecular weight is 470 g/mol. The zero-order valence-electron chi connectivity index (χ0n) is 18.3. The molecule has 2 aromatic heterocycles. The van der Waals surface area contributed by atoms with Gasteiger partial charge in [-0.15, -0.1) is 11.3 Å². The Kier molecular flexibility index (Phi) is 7.26. The second kappa shape index (κ2) is 10.3. The molecule has 168 valence electrons. The maximum absolute atomic E-state index is 13.0. The molecule has 7 nitrogen and oxygen atoms in total. The number of aromatic nitrogens is 3. The molecule has 2 N–H and O–H groups in total. The molecule has 0 spiro atoms. The van der Waals surface area contributed by atoms with E-state index < -0.39 is 6.03 Å². The Balaban J connectivity index is 1.34. The molecule has 1 saturated carbocycles. The summed E-state index contributed by atoms with van der Waals surface area (Å²) in [5.41, 5.74) is 2.15. The van der Waals surface area contributed by atoms with Gasteiger partial charge < -0.3 is 9.88 Å². The summed E-state index contributed by atoms with van der Waals surface area (Å²) in [6, 6.07) is 5.19. The Labute approximate surface area is 196 Å². The van der Waals surface area contributed by atoms with Gasteiger partial charge in [-0.3, -0.25) is 10.1 Å². The van der Waals surface area contributed by atoms with Gasteiger partial charge in [0, 0.05) is 47.7 Å². The molecule has 0 bridgehead atoms. The lowest BCUT2D eigenvalue weighted by Crippen LogP contribution is -2.22. The fourth-order valence-corrected chi connectivity index (χ4v) is 5.69. The molecule has 0 unspecified atom stereocenters. The molecule has 9 heteroatoms. The van der Waals surface area contributed by atoms with Crippen LogP contribution in [0.2, 0.25) is 0 Å².